The minimum absolute atomic E-state index is 0.143. The molecule has 2 atom stereocenters. The van der Waals surface area contributed by atoms with Crippen molar-refractivity contribution in [2.24, 2.45) is 5.92 Å². The van der Waals surface area contributed by atoms with Gasteiger partial charge in [-0.05, 0) is 68.6 Å². The van der Waals surface area contributed by atoms with Gasteiger partial charge in [-0.25, -0.2) is 0 Å². The van der Waals surface area contributed by atoms with E-state index in [1.165, 1.54) is 19.4 Å². The van der Waals surface area contributed by atoms with Crippen molar-refractivity contribution in [3.8, 4) is 17.0 Å². The van der Waals surface area contributed by atoms with Crippen molar-refractivity contribution in [1.29, 1.82) is 0 Å². The van der Waals surface area contributed by atoms with Crippen LogP contribution in [0, 0.1) is 12.8 Å². The van der Waals surface area contributed by atoms with E-state index in [0.717, 1.165) is 36.9 Å². The van der Waals surface area contributed by atoms with Gasteiger partial charge in [0.15, 0.2) is 5.82 Å². The second-order valence-electron chi connectivity index (χ2n) is 7.38. The van der Waals surface area contributed by atoms with Crippen LogP contribution in [0.1, 0.15) is 25.3 Å². The van der Waals surface area contributed by atoms with E-state index >= 15 is 0 Å². The molecule has 0 radical (unpaired) electrons. The minimum atomic E-state index is 0.143. The maximum absolute atomic E-state index is 10.2. The first-order valence-corrected chi connectivity index (χ1v) is 9.77. The average Bonchev–Trinajstić information content (AvgIpc) is 3.04. The molecule has 2 aliphatic rings. The highest BCUT2D eigenvalue weighted by Crippen LogP contribution is 2.36. The number of hydrogen-bond acceptors (Lipinski definition) is 5. The fourth-order valence-electron chi connectivity index (χ4n) is 4.45. The Labute approximate surface area is 159 Å². The van der Waals surface area contributed by atoms with E-state index in [0.29, 0.717) is 22.3 Å². The fourth-order valence-corrected chi connectivity index (χ4v) is 4.72. The molecular formula is C20H25ClN4O. The van der Waals surface area contributed by atoms with Crippen molar-refractivity contribution in [2.75, 3.05) is 31.1 Å². The van der Waals surface area contributed by atoms with Crippen molar-refractivity contribution in [3.05, 3.63) is 34.9 Å². The van der Waals surface area contributed by atoms with E-state index in [1.54, 1.807) is 6.07 Å². The van der Waals surface area contributed by atoms with Gasteiger partial charge in [0.05, 0.1) is 5.69 Å². The fraction of sp³-hybridized carbons (Fsp3) is 0.500. The average molecular weight is 373 g/mol. The zero-order valence-corrected chi connectivity index (χ0v) is 16.1. The second kappa shape index (κ2) is 7.05. The molecule has 1 aromatic carbocycles. The number of phenols is 1. The van der Waals surface area contributed by atoms with E-state index in [9.17, 15) is 5.11 Å². The SMILES string of the molecule is CCN1CCC2CCN(c3ccc(-c4c(C)cc(Cl)cc4O)nn3)C2C1. The summed E-state index contributed by atoms with van der Waals surface area (Å²) in [4.78, 5) is 4.94. The molecule has 5 nitrogen and oxygen atoms in total. The number of halogens is 1. The van der Waals surface area contributed by atoms with Gasteiger partial charge in [-0.2, -0.15) is 0 Å². The Hall–Kier alpha value is -1.85. The van der Waals surface area contributed by atoms with Gasteiger partial charge in [-0.1, -0.05) is 18.5 Å². The van der Waals surface area contributed by atoms with Crippen LogP contribution in [0.3, 0.4) is 0 Å². The van der Waals surface area contributed by atoms with E-state index < -0.39 is 0 Å². The molecule has 0 saturated carbocycles. The molecule has 6 heteroatoms. The summed E-state index contributed by atoms with van der Waals surface area (Å²) in [6.07, 6.45) is 2.51. The number of hydrogen-bond donors (Lipinski definition) is 1. The first-order valence-electron chi connectivity index (χ1n) is 9.39. The third kappa shape index (κ3) is 3.14. The lowest BCUT2D eigenvalue weighted by Crippen LogP contribution is -2.48. The standard InChI is InChI=1S/C20H25ClN4O/c1-3-24-8-6-14-7-9-25(17(14)12-24)19-5-4-16(22-23-19)20-13(2)10-15(21)11-18(20)26/h4-5,10-11,14,17,26H,3,6-9,12H2,1-2H3. The smallest absolute Gasteiger partial charge is 0.151 e. The summed E-state index contributed by atoms with van der Waals surface area (Å²) in [6, 6.07) is 7.90. The third-order valence-electron chi connectivity index (χ3n) is 5.87. The predicted octanol–water partition coefficient (Wildman–Crippen LogP) is 3.73. The highest BCUT2D eigenvalue weighted by Gasteiger charge is 2.38. The lowest BCUT2D eigenvalue weighted by atomic mass is 9.92. The molecule has 1 aromatic heterocycles. The van der Waals surface area contributed by atoms with Crippen LogP contribution in [-0.4, -0.2) is 52.4 Å². The summed E-state index contributed by atoms with van der Waals surface area (Å²) in [6.45, 7) is 8.63. The molecule has 0 bridgehead atoms. The molecular weight excluding hydrogens is 348 g/mol. The first-order chi connectivity index (χ1) is 12.6. The minimum Gasteiger partial charge on any atom is -0.507 e. The summed E-state index contributed by atoms with van der Waals surface area (Å²) in [5, 5.41) is 19.7. The van der Waals surface area contributed by atoms with Crippen molar-refractivity contribution in [1.82, 2.24) is 15.1 Å². The Morgan fingerprint density at radius 1 is 1.19 bits per heavy atom. The molecule has 4 rings (SSSR count). The molecule has 2 saturated heterocycles. The molecule has 0 aliphatic carbocycles. The molecule has 2 fully saturated rings. The summed E-state index contributed by atoms with van der Waals surface area (Å²) >= 11 is 6.00. The molecule has 2 unspecified atom stereocenters. The van der Waals surface area contributed by atoms with Crippen LogP contribution in [0.25, 0.3) is 11.3 Å². The summed E-state index contributed by atoms with van der Waals surface area (Å²) in [5.41, 5.74) is 2.27. The number of rotatable bonds is 3. The first kappa shape index (κ1) is 17.6. The molecule has 2 aromatic rings. The summed E-state index contributed by atoms with van der Waals surface area (Å²) in [5.74, 6) is 1.84. The lowest BCUT2D eigenvalue weighted by molar-refractivity contribution is 0.182. The number of benzene rings is 1. The van der Waals surface area contributed by atoms with Crippen LogP contribution in [0.2, 0.25) is 5.02 Å². The maximum atomic E-state index is 10.2. The highest BCUT2D eigenvalue weighted by molar-refractivity contribution is 6.31. The quantitative estimate of drug-likeness (QED) is 0.889. The van der Waals surface area contributed by atoms with Crippen molar-refractivity contribution >= 4 is 17.4 Å². The van der Waals surface area contributed by atoms with Gasteiger partial charge < -0.3 is 14.9 Å². The monoisotopic (exact) mass is 372 g/mol. The number of aromatic nitrogens is 2. The zero-order valence-electron chi connectivity index (χ0n) is 15.3. The third-order valence-corrected chi connectivity index (χ3v) is 6.09. The second-order valence-corrected chi connectivity index (χ2v) is 7.82. The Bertz CT molecular complexity index is 772. The van der Waals surface area contributed by atoms with Crippen LogP contribution in [0.4, 0.5) is 5.82 Å². The topological polar surface area (TPSA) is 52.5 Å². The van der Waals surface area contributed by atoms with E-state index in [-0.39, 0.29) is 5.75 Å². The van der Waals surface area contributed by atoms with Crippen molar-refractivity contribution in [3.63, 3.8) is 0 Å². The number of phenolic OH excluding ortho intramolecular Hbond substituents is 1. The van der Waals surface area contributed by atoms with Crippen molar-refractivity contribution in [2.45, 2.75) is 32.7 Å². The van der Waals surface area contributed by atoms with Crippen molar-refractivity contribution < 1.29 is 5.11 Å². The van der Waals surface area contributed by atoms with Crippen LogP contribution < -0.4 is 4.90 Å². The van der Waals surface area contributed by atoms with Crippen LogP contribution >= 0.6 is 11.6 Å². The number of piperidine rings is 1. The molecule has 2 aliphatic heterocycles. The van der Waals surface area contributed by atoms with Crippen LogP contribution in [-0.2, 0) is 0 Å². The Morgan fingerprint density at radius 2 is 2.00 bits per heavy atom. The molecule has 0 amide bonds. The number of fused-ring (bicyclic) bond motifs is 1. The molecule has 26 heavy (non-hydrogen) atoms. The predicted molar refractivity (Wildman–Crippen MR) is 105 cm³/mol. The number of nitrogens with zero attached hydrogens (tertiary/aromatic N) is 4. The van der Waals surface area contributed by atoms with Gasteiger partial charge in [0.25, 0.3) is 0 Å². The number of anilines is 1. The zero-order chi connectivity index (χ0) is 18.3. The number of likely N-dealkylation sites (tertiary alicyclic amines) is 1. The number of likely N-dealkylation sites (N-methyl/N-ethyl adjacent to an activating group) is 1. The van der Waals surface area contributed by atoms with Gasteiger partial charge >= 0.3 is 0 Å². The van der Waals surface area contributed by atoms with E-state index in [1.807, 2.05) is 25.1 Å². The summed E-state index contributed by atoms with van der Waals surface area (Å²) < 4.78 is 0. The number of aryl methyl sites for hydroxylation is 1. The van der Waals surface area contributed by atoms with Gasteiger partial charge in [-0.15, -0.1) is 10.2 Å². The van der Waals surface area contributed by atoms with Gasteiger partial charge in [0.2, 0.25) is 0 Å². The van der Waals surface area contributed by atoms with Crippen LogP contribution in [0.5, 0.6) is 5.75 Å². The Balaban J connectivity index is 1.59. The van der Waals surface area contributed by atoms with Gasteiger partial charge in [0.1, 0.15) is 5.75 Å². The maximum Gasteiger partial charge on any atom is 0.151 e. The Morgan fingerprint density at radius 3 is 2.69 bits per heavy atom. The molecule has 1 N–H and O–H groups in total. The van der Waals surface area contributed by atoms with Crippen LogP contribution in [0.15, 0.2) is 24.3 Å². The van der Waals surface area contributed by atoms with Gasteiger partial charge in [0, 0.05) is 29.7 Å². The van der Waals surface area contributed by atoms with E-state index in [2.05, 4.69) is 26.9 Å². The van der Waals surface area contributed by atoms with Gasteiger partial charge in [-0.3, -0.25) is 0 Å². The molecule has 138 valence electrons. The molecule has 3 heterocycles. The normalized spacial score (nSPS) is 23.3. The Kier molecular flexibility index (Phi) is 4.76. The largest absolute Gasteiger partial charge is 0.507 e. The highest BCUT2D eigenvalue weighted by atomic mass is 35.5. The lowest BCUT2D eigenvalue weighted by Gasteiger charge is -2.38. The van der Waals surface area contributed by atoms with E-state index in [4.69, 9.17) is 11.6 Å². The molecule has 0 spiro atoms. The summed E-state index contributed by atoms with van der Waals surface area (Å²) in [7, 11) is 0. The number of aromatic hydroxyl groups is 1.